The van der Waals surface area contributed by atoms with Crippen LogP contribution < -0.4 is 49.2 Å². The molecule has 11 heteroatoms. The summed E-state index contributed by atoms with van der Waals surface area (Å²) in [7, 11) is 0. The van der Waals surface area contributed by atoms with E-state index in [0.29, 0.717) is 28.7 Å². The molecule has 0 aromatic heterocycles. The minimum Gasteiger partial charge on any atom is -0.822 e. The Morgan fingerprint density at radius 1 is 0.275 bits per heavy atom. The molecule has 0 radical (unpaired) electrons. The van der Waals surface area contributed by atoms with Gasteiger partial charge < -0.3 is 49.2 Å². The van der Waals surface area contributed by atoms with Gasteiger partial charge in [0.15, 0.2) is 0 Å². The maximum atomic E-state index is 10.5. The first-order valence-corrected chi connectivity index (χ1v) is 15.8. The van der Waals surface area contributed by atoms with Crippen LogP contribution in [0.2, 0.25) is 0 Å². The minimum atomic E-state index is -0.984. The van der Waals surface area contributed by atoms with E-state index in [1.165, 1.54) is 34.6 Å². The Balaban J connectivity index is 0.000000610. The summed E-state index contributed by atoms with van der Waals surface area (Å²) in [5.41, 5.74) is 0. The van der Waals surface area contributed by atoms with E-state index in [1.807, 2.05) is 91.0 Å². The van der Waals surface area contributed by atoms with E-state index in [0.717, 1.165) is 0 Å². The molecule has 51 heavy (non-hydrogen) atoms. The molecule has 0 N–H and O–H groups in total. The summed E-state index contributed by atoms with van der Waals surface area (Å²) in [6.45, 7) is 7.33. The van der Waals surface area contributed by atoms with Crippen LogP contribution in [0.25, 0.3) is 0 Å². The zero-order valence-electron chi connectivity index (χ0n) is 29.4. The molecule has 5 atom stereocenters. The molecule has 0 bridgehead atoms. The predicted molar refractivity (Wildman–Crippen MR) is 183 cm³/mol. The Morgan fingerprint density at radius 2 is 0.392 bits per heavy atom. The maximum Gasteiger partial charge on any atom is 5.00 e. The van der Waals surface area contributed by atoms with Crippen LogP contribution in [0.15, 0.2) is 152 Å². The number of ether oxygens (including phenoxy) is 5. The molecule has 5 aromatic carbocycles. The molecular weight excluding hydrogens is 821 g/mol. The fourth-order valence-corrected chi connectivity index (χ4v) is 3.45. The second-order valence-electron chi connectivity index (χ2n) is 9.99. The Bertz CT molecular complexity index is 1180. The Hall–Kier alpha value is -4.36. The molecule has 0 saturated carbocycles. The van der Waals surface area contributed by atoms with Gasteiger partial charge in [0, 0.05) is 31.5 Å². The number of hydrogen-bond acceptors (Lipinski definition) is 10. The summed E-state index contributed by atoms with van der Waals surface area (Å²) in [6.07, 6.45) is -4.92. The second kappa shape index (κ2) is 29.4. The summed E-state index contributed by atoms with van der Waals surface area (Å²) < 4.78 is 24.3. The minimum absolute atomic E-state index is 0. The van der Waals surface area contributed by atoms with Gasteiger partial charge in [-0.25, -0.2) is 0 Å². The predicted octanol–water partition coefficient (Wildman–Crippen LogP) is 3.86. The third kappa shape index (κ3) is 28.1. The standard InChI is InChI=1S/5C8H9O2.Ta/c5*1-7(9)10-8-5-3-2-4-6-8;/h5*2-7H,1H3;/q5*-1;+5. The largest absolute Gasteiger partial charge is 5.00 e. The van der Waals surface area contributed by atoms with E-state index in [-0.39, 0.29) is 22.4 Å². The topological polar surface area (TPSA) is 161 Å². The summed E-state index contributed by atoms with van der Waals surface area (Å²) in [6, 6.07) is 45.3. The smallest absolute Gasteiger partial charge is 0.822 e. The van der Waals surface area contributed by atoms with Crippen LogP contribution >= 0.6 is 0 Å². The van der Waals surface area contributed by atoms with E-state index in [2.05, 4.69) is 0 Å². The van der Waals surface area contributed by atoms with Crippen molar-refractivity contribution in [2.24, 2.45) is 0 Å². The van der Waals surface area contributed by atoms with E-state index in [9.17, 15) is 25.5 Å². The van der Waals surface area contributed by atoms with Crippen LogP contribution in [-0.2, 0) is 22.4 Å². The van der Waals surface area contributed by atoms with Gasteiger partial charge in [0.25, 0.3) is 0 Å². The van der Waals surface area contributed by atoms with E-state index in [1.54, 1.807) is 60.7 Å². The van der Waals surface area contributed by atoms with Crippen molar-refractivity contribution < 1.29 is 71.6 Å². The monoisotopic (exact) mass is 866 g/mol. The molecule has 0 spiro atoms. The third-order valence-corrected chi connectivity index (χ3v) is 5.23. The van der Waals surface area contributed by atoms with Crippen LogP contribution in [0.3, 0.4) is 0 Å². The molecule has 0 aliphatic carbocycles. The molecule has 0 amide bonds. The van der Waals surface area contributed by atoms with Gasteiger partial charge in [-0.3, -0.25) is 0 Å². The zero-order chi connectivity index (χ0) is 37.0. The van der Waals surface area contributed by atoms with Crippen LogP contribution in [-0.4, -0.2) is 31.5 Å². The molecule has 10 nitrogen and oxygen atoms in total. The molecule has 5 unspecified atom stereocenters. The fourth-order valence-electron chi connectivity index (χ4n) is 3.45. The number of rotatable bonds is 10. The van der Waals surface area contributed by atoms with Crippen molar-refractivity contribution in [1.29, 1.82) is 0 Å². The Labute approximate surface area is 317 Å². The molecule has 0 aliphatic heterocycles. The summed E-state index contributed by atoms with van der Waals surface area (Å²) >= 11 is 0. The van der Waals surface area contributed by atoms with Crippen LogP contribution in [0.5, 0.6) is 28.7 Å². The second-order valence-corrected chi connectivity index (χ2v) is 9.99. The zero-order valence-corrected chi connectivity index (χ0v) is 32.6. The van der Waals surface area contributed by atoms with Gasteiger partial charge >= 0.3 is 22.4 Å². The van der Waals surface area contributed by atoms with E-state index in [4.69, 9.17) is 23.7 Å². The van der Waals surface area contributed by atoms with Crippen molar-refractivity contribution in [2.75, 3.05) is 0 Å². The van der Waals surface area contributed by atoms with Crippen LogP contribution in [0.1, 0.15) is 34.6 Å². The van der Waals surface area contributed by atoms with E-state index < -0.39 is 31.5 Å². The molecule has 0 fully saturated rings. The van der Waals surface area contributed by atoms with Gasteiger partial charge in [0.1, 0.15) is 28.7 Å². The third-order valence-electron chi connectivity index (χ3n) is 5.23. The summed E-state index contributed by atoms with van der Waals surface area (Å²) in [5.74, 6) is 3.15. The van der Waals surface area contributed by atoms with Gasteiger partial charge in [-0.1, -0.05) is 91.0 Å². The van der Waals surface area contributed by atoms with E-state index >= 15 is 0 Å². The van der Waals surface area contributed by atoms with Crippen molar-refractivity contribution in [3.8, 4) is 28.7 Å². The van der Waals surface area contributed by atoms with Gasteiger partial charge in [0.05, 0.1) is 0 Å². The number of hydrogen-bond donors (Lipinski definition) is 0. The summed E-state index contributed by atoms with van der Waals surface area (Å²) in [4.78, 5) is 0. The van der Waals surface area contributed by atoms with Crippen molar-refractivity contribution >= 4 is 0 Å². The Kier molecular flexibility index (Phi) is 26.9. The van der Waals surface area contributed by atoms with Crippen molar-refractivity contribution in [2.45, 2.75) is 66.1 Å². The van der Waals surface area contributed by atoms with Crippen molar-refractivity contribution in [3.63, 3.8) is 0 Å². The molecule has 5 rings (SSSR count). The molecule has 5 aromatic rings. The first-order valence-electron chi connectivity index (χ1n) is 15.8. The van der Waals surface area contributed by atoms with Gasteiger partial charge in [-0.2, -0.15) is 0 Å². The molecule has 0 heterocycles. The molecule has 0 aliphatic rings. The fraction of sp³-hybridized carbons (Fsp3) is 0.250. The number of benzene rings is 5. The average Bonchev–Trinajstić information content (AvgIpc) is 3.07. The van der Waals surface area contributed by atoms with Crippen molar-refractivity contribution in [3.05, 3.63) is 152 Å². The maximum absolute atomic E-state index is 10.5. The van der Waals surface area contributed by atoms with Crippen molar-refractivity contribution in [1.82, 2.24) is 0 Å². The van der Waals surface area contributed by atoms with Gasteiger partial charge in [-0.05, 0) is 95.3 Å². The van der Waals surface area contributed by atoms with Crippen LogP contribution in [0.4, 0.5) is 0 Å². The first kappa shape index (κ1) is 46.6. The molecular formula is C40H45O10Ta. The molecule has 270 valence electrons. The van der Waals surface area contributed by atoms with Gasteiger partial charge in [-0.15, -0.1) is 0 Å². The van der Waals surface area contributed by atoms with Crippen LogP contribution in [0, 0.1) is 0 Å². The van der Waals surface area contributed by atoms with Gasteiger partial charge in [0.2, 0.25) is 0 Å². The first-order chi connectivity index (χ1) is 23.9. The SMILES string of the molecule is CC([O-])Oc1ccccc1.CC([O-])Oc1ccccc1.CC([O-])Oc1ccccc1.CC([O-])Oc1ccccc1.CC([O-])Oc1ccccc1.[Ta+5]. The quantitative estimate of drug-likeness (QED) is 0.189. The normalized spacial score (nSPS) is 12.4. The average molecular weight is 867 g/mol. The molecule has 0 saturated heterocycles. The number of para-hydroxylation sites is 5. The summed E-state index contributed by atoms with van der Waals surface area (Å²) in [5, 5.41) is 52.4. The Morgan fingerprint density at radius 3 is 0.490 bits per heavy atom.